The number of carbonyl (C=O) groups is 1. The van der Waals surface area contributed by atoms with Gasteiger partial charge in [0.15, 0.2) is 0 Å². The number of rotatable bonds is 5. The van der Waals surface area contributed by atoms with Crippen molar-refractivity contribution >= 4 is 5.91 Å². The number of benzene rings is 1. The Labute approximate surface area is 106 Å². The van der Waals surface area contributed by atoms with E-state index in [4.69, 9.17) is 0 Å². The van der Waals surface area contributed by atoms with Crippen molar-refractivity contribution in [2.45, 2.75) is 19.9 Å². The average Bonchev–Trinajstić information content (AvgIpc) is 2.76. The third-order valence-corrected chi connectivity index (χ3v) is 2.68. The summed E-state index contributed by atoms with van der Waals surface area (Å²) in [6, 6.07) is 10.1. The summed E-state index contributed by atoms with van der Waals surface area (Å²) in [4.78, 5) is 11.7. The van der Waals surface area contributed by atoms with Crippen molar-refractivity contribution < 1.29 is 4.79 Å². The predicted molar refractivity (Wildman–Crippen MR) is 67.9 cm³/mol. The van der Waals surface area contributed by atoms with Crippen LogP contribution in [0.5, 0.6) is 0 Å². The van der Waals surface area contributed by atoms with Crippen LogP contribution in [0.1, 0.15) is 11.3 Å². The first kappa shape index (κ1) is 12.3. The van der Waals surface area contributed by atoms with Gasteiger partial charge in [-0.25, -0.2) is 4.68 Å². The van der Waals surface area contributed by atoms with Crippen molar-refractivity contribution in [1.29, 1.82) is 0 Å². The number of hydrogen-bond acceptors (Lipinski definition) is 3. The molecule has 2 rings (SSSR count). The summed E-state index contributed by atoms with van der Waals surface area (Å²) in [5.74, 6) is -0.0421. The molecule has 1 aromatic carbocycles. The Morgan fingerprint density at radius 2 is 2.11 bits per heavy atom. The Hall–Kier alpha value is -2.17. The molecule has 0 bridgehead atoms. The van der Waals surface area contributed by atoms with Crippen LogP contribution >= 0.6 is 0 Å². The van der Waals surface area contributed by atoms with E-state index >= 15 is 0 Å². The molecule has 1 heterocycles. The molecule has 1 N–H and O–H groups in total. The van der Waals surface area contributed by atoms with Gasteiger partial charge in [-0.2, -0.15) is 0 Å². The fourth-order valence-electron chi connectivity index (χ4n) is 1.65. The molecule has 1 aromatic heterocycles. The monoisotopic (exact) mass is 244 g/mol. The minimum absolute atomic E-state index is 0.0421. The van der Waals surface area contributed by atoms with Gasteiger partial charge in [0.05, 0.1) is 11.9 Å². The minimum Gasteiger partial charge on any atom is -0.354 e. The highest BCUT2D eigenvalue weighted by Gasteiger charge is 2.05. The zero-order valence-electron chi connectivity index (χ0n) is 10.3. The van der Waals surface area contributed by atoms with Crippen molar-refractivity contribution in [3.63, 3.8) is 0 Å². The molecule has 5 heteroatoms. The average molecular weight is 244 g/mol. The van der Waals surface area contributed by atoms with Gasteiger partial charge in [0, 0.05) is 6.54 Å². The highest BCUT2D eigenvalue weighted by atomic mass is 16.2. The van der Waals surface area contributed by atoms with Crippen LogP contribution in [0.3, 0.4) is 0 Å². The topological polar surface area (TPSA) is 59.8 Å². The van der Waals surface area contributed by atoms with Crippen molar-refractivity contribution in [2.24, 2.45) is 0 Å². The van der Waals surface area contributed by atoms with Gasteiger partial charge in [0.2, 0.25) is 5.91 Å². The molecule has 5 nitrogen and oxygen atoms in total. The van der Waals surface area contributed by atoms with E-state index in [0.717, 1.165) is 12.1 Å². The van der Waals surface area contributed by atoms with E-state index in [1.165, 1.54) is 5.56 Å². The third kappa shape index (κ3) is 3.41. The van der Waals surface area contributed by atoms with E-state index in [1.807, 2.05) is 37.3 Å². The lowest BCUT2D eigenvalue weighted by atomic mass is 10.1. The Morgan fingerprint density at radius 1 is 1.33 bits per heavy atom. The molecule has 0 spiro atoms. The first-order valence-corrected chi connectivity index (χ1v) is 5.91. The molecule has 0 aliphatic rings. The Bertz CT molecular complexity index is 507. The van der Waals surface area contributed by atoms with E-state index in [0.29, 0.717) is 6.54 Å². The summed E-state index contributed by atoms with van der Waals surface area (Å²) in [5, 5.41) is 10.4. The van der Waals surface area contributed by atoms with Crippen LogP contribution < -0.4 is 5.32 Å². The molecule has 0 saturated carbocycles. The lowest BCUT2D eigenvalue weighted by Gasteiger charge is -2.06. The SMILES string of the molecule is Cc1cnnn1CC(=O)NCCc1ccccc1. The van der Waals surface area contributed by atoms with Crippen LogP contribution in [-0.4, -0.2) is 27.4 Å². The lowest BCUT2D eigenvalue weighted by molar-refractivity contribution is -0.121. The number of aromatic nitrogens is 3. The third-order valence-electron chi connectivity index (χ3n) is 2.68. The maximum absolute atomic E-state index is 11.7. The predicted octanol–water partition coefficient (Wildman–Crippen LogP) is 0.945. The Kier molecular flexibility index (Phi) is 4.06. The molecule has 94 valence electrons. The number of nitrogens with zero attached hydrogens (tertiary/aromatic N) is 3. The van der Waals surface area contributed by atoms with Gasteiger partial charge in [-0.3, -0.25) is 4.79 Å². The standard InChI is InChI=1S/C13H16N4O/c1-11-9-15-16-17(11)10-13(18)14-8-7-12-5-3-2-4-6-12/h2-6,9H,7-8,10H2,1H3,(H,14,18). The molecule has 0 saturated heterocycles. The molecule has 18 heavy (non-hydrogen) atoms. The molecular formula is C13H16N4O. The van der Waals surface area contributed by atoms with E-state index in [9.17, 15) is 4.79 Å². The number of amides is 1. The second-order valence-electron chi connectivity index (χ2n) is 4.12. The highest BCUT2D eigenvalue weighted by molar-refractivity contribution is 5.75. The number of hydrogen-bond donors (Lipinski definition) is 1. The largest absolute Gasteiger partial charge is 0.354 e. The normalized spacial score (nSPS) is 10.3. The van der Waals surface area contributed by atoms with Crippen molar-refractivity contribution in [1.82, 2.24) is 20.3 Å². The summed E-state index contributed by atoms with van der Waals surface area (Å²) in [5.41, 5.74) is 2.10. The molecule has 0 aliphatic carbocycles. The molecule has 1 amide bonds. The molecule has 0 atom stereocenters. The van der Waals surface area contributed by atoms with Crippen molar-refractivity contribution in [3.8, 4) is 0 Å². The lowest BCUT2D eigenvalue weighted by Crippen LogP contribution is -2.30. The van der Waals surface area contributed by atoms with Gasteiger partial charge in [-0.05, 0) is 18.9 Å². The van der Waals surface area contributed by atoms with Crippen LogP contribution in [0, 0.1) is 6.92 Å². The summed E-state index contributed by atoms with van der Waals surface area (Å²) in [6.45, 7) is 2.73. The number of aryl methyl sites for hydroxylation is 1. The summed E-state index contributed by atoms with van der Waals surface area (Å²) < 4.78 is 1.58. The van der Waals surface area contributed by atoms with Crippen LogP contribution in [0.2, 0.25) is 0 Å². The van der Waals surface area contributed by atoms with Gasteiger partial charge in [0.1, 0.15) is 6.54 Å². The van der Waals surface area contributed by atoms with E-state index < -0.39 is 0 Å². The van der Waals surface area contributed by atoms with Crippen LogP contribution in [0.15, 0.2) is 36.5 Å². The highest BCUT2D eigenvalue weighted by Crippen LogP contribution is 1.98. The van der Waals surface area contributed by atoms with Gasteiger partial charge in [-0.1, -0.05) is 35.5 Å². The molecule has 0 aliphatic heterocycles. The van der Waals surface area contributed by atoms with Gasteiger partial charge in [0.25, 0.3) is 0 Å². The molecule has 2 aromatic rings. The Morgan fingerprint density at radius 3 is 2.78 bits per heavy atom. The second kappa shape index (κ2) is 5.95. The summed E-state index contributed by atoms with van der Waals surface area (Å²) >= 11 is 0. The maximum atomic E-state index is 11.7. The molecular weight excluding hydrogens is 228 g/mol. The van der Waals surface area contributed by atoms with Crippen LogP contribution in [0.25, 0.3) is 0 Å². The first-order chi connectivity index (χ1) is 8.75. The van der Waals surface area contributed by atoms with Crippen molar-refractivity contribution in [2.75, 3.05) is 6.54 Å². The van der Waals surface area contributed by atoms with Gasteiger partial charge in [-0.15, -0.1) is 5.10 Å². The van der Waals surface area contributed by atoms with E-state index in [2.05, 4.69) is 15.6 Å². The maximum Gasteiger partial charge on any atom is 0.241 e. The fourth-order valence-corrected chi connectivity index (χ4v) is 1.65. The summed E-state index contributed by atoms with van der Waals surface area (Å²) in [7, 11) is 0. The zero-order chi connectivity index (χ0) is 12.8. The molecule has 0 fully saturated rings. The van der Waals surface area contributed by atoms with E-state index in [1.54, 1.807) is 10.9 Å². The van der Waals surface area contributed by atoms with Crippen molar-refractivity contribution in [3.05, 3.63) is 47.8 Å². The van der Waals surface area contributed by atoms with Gasteiger partial charge >= 0.3 is 0 Å². The van der Waals surface area contributed by atoms with Gasteiger partial charge < -0.3 is 5.32 Å². The van der Waals surface area contributed by atoms with Crippen LogP contribution in [-0.2, 0) is 17.8 Å². The quantitative estimate of drug-likeness (QED) is 0.851. The molecule has 0 unspecified atom stereocenters. The fraction of sp³-hybridized carbons (Fsp3) is 0.308. The number of carbonyl (C=O) groups excluding carboxylic acids is 1. The first-order valence-electron chi connectivity index (χ1n) is 5.91. The van der Waals surface area contributed by atoms with E-state index in [-0.39, 0.29) is 12.5 Å². The smallest absolute Gasteiger partial charge is 0.241 e. The molecule has 0 radical (unpaired) electrons. The number of nitrogens with one attached hydrogen (secondary N) is 1. The van der Waals surface area contributed by atoms with Crippen LogP contribution in [0.4, 0.5) is 0 Å². The summed E-state index contributed by atoms with van der Waals surface area (Å²) in [6.07, 6.45) is 2.47. The second-order valence-corrected chi connectivity index (χ2v) is 4.12. The minimum atomic E-state index is -0.0421. The Balaban J connectivity index is 1.74. The zero-order valence-corrected chi connectivity index (χ0v) is 10.3.